The Morgan fingerprint density at radius 1 is 1.10 bits per heavy atom. The second-order valence-electron chi connectivity index (χ2n) is 5.11. The van der Waals surface area contributed by atoms with E-state index >= 15 is 0 Å². The molecule has 0 aliphatic carbocycles. The van der Waals surface area contributed by atoms with Gasteiger partial charge in [0.1, 0.15) is 5.82 Å². The smallest absolute Gasteiger partial charge is 0.127 e. The van der Waals surface area contributed by atoms with Gasteiger partial charge < -0.3 is 5.32 Å². The van der Waals surface area contributed by atoms with Gasteiger partial charge in [-0.15, -0.1) is 0 Å². The molecule has 1 N–H and O–H groups in total. The van der Waals surface area contributed by atoms with Gasteiger partial charge in [0.15, 0.2) is 0 Å². The summed E-state index contributed by atoms with van der Waals surface area (Å²) in [7, 11) is 1.89. The van der Waals surface area contributed by atoms with E-state index < -0.39 is 0 Å². The molecule has 0 aliphatic heterocycles. The van der Waals surface area contributed by atoms with Crippen LogP contribution in [0.2, 0.25) is 0 Å². The molecule has 2 aromatic rings. The number of hydrogen-bond donors (Lipinski definition) is 1. The van der Waals surface area contributed by atoms with Crippen molar-refractivity contribution in [1.29, 1.82) is 0 Å². The maximum Gasteiger partial charge on any atom is 0.127 e. The van der Waals surface area contributed by atoms with Gasteiger partial charge in [0.2, 0.25) is 0 Å². The van der Waals surface area contributed by atoms with Gasteiger partial charge >= 0.3 is 0 Å². The van der Waals surface area contributed by atoms with E-state index in [-0.39, 0.29) is 5.82 Å². The lowest BCUT2D eigenvalue weighted by molar-refractivity contribution is 0.267. The number of hydrogen-bond acceptors (Lipinski definition) is 3. The van der Waals surface area contributed by atoms with Crippen LogP contribution in [-0.4, -0.2) is 23.5 Å². The van der Waals surface area contributed by atoms with Gasteiger partial charge in [0.25, 0.3) is 0 Å². The third-order valence-corrected chi connectivity index (χ3v) is 3.49. The molecule has 4 heteroatoms. The van der Waals surface area contributed by atoms with Crippen molar-refractivity contribution >= 4 is 0 Å². The van der Waals surface area contributed by atoms with Crippen molar-refractivity contribution in [3.63, 3.8) is 0 Å². The Labute approximate surface area is 125 Å². The Hall–Kier alpha value is -1.78. The van der Waals surface area contributed by atoms with E-state index in [2.05, 4.69) is 22.1 Å². The van der Waals surface area contributed by atoms with Crippen LogP contribution in [0.15, 0.2) is 42.7 Å². The summed E-state index contributed by atoms with van der Waals surface area (Å²) in [6.45, 7) is 5.13. The van der Waals surface area contributed by atoms with Crippen LogP contribution in [0.4, 0.5) is 4.39 Å². The van der Waals surface area contributed by atoms with Crippen molar-refractivity contribution in [3.8, 4) is 0 Å². The molecule has 0 radical (unpaired) electrons. The van der Waals surface area contributed by atoms with Gasteiger partial charge in [-0.1, -0.05) is 19.1 Å². The maximum atomic E-state index is 14.0. The summed E-state index contributed by atoms with van der Waals surface area (Å²) in [5.41, 5.74) is 3.05. The summed E-state index contributed by atoms with van der Waals surface area (Å²) in [6, 6.07) is 9.32. The van der Waals surface area contributed by atoms with Crippen LogP contribution in [-0.2, 0) is 19.6 Å². The molecule has 0 unspecified atom stereocenters. The minimum absolute atomic E-state index is 0.136. The zero-order valence-electron chi connectivity index (χ0n) is 12.6. The summed E-state index contributed by atoms with van der Waals surface area (Å²) >= 11 is 0. The second-order valence-corrected chi connectivity index (χ2v) is 5.11. The van der Waals surface area contributed by atoms with Crippen molar-refractivity contribution in [2.45, 2.75) is 26.6 Å². The standard InChI is InChI=1S/C17H22FN3/c1-3-21(12-14-6-8-20-9-7-14)13-16-10-15(11-19-2)4-5-17(16)18/h4-10,19H,3,11-13H2,1-2H3. The summed E-state index contributed by atoms with van der Waals surface area (Å²) in [4.78, 5) is 6.24. The molecule has 1 aromatic heterocycles. The van der Waals surface area contributed by atoms with Crippen LogP contribution in [0.25, 0.3) is 0 Å². The molecule has 1 aromatic carbocycles. The maximum absolute atomic E-state index is 14.0. The van der Waals surface area contributed by atoms with E-state index in [9.17, 15) is 4.39 Å². The topological polar surface area (TPSA) is 28.2 Å². The van der Waals surface area contributed by atoms with Crippen LogP contribution < -0.4 is 5.32 Å². The number of aromatic nitrogens is 1. The molecule has 3 nitrogen and oxygen atoms in total. The molecular formula is C17H22FN3. The fourth-order valence-corrected chi connectivity index (χ4v) is 2.33. The predicted octanol–water partition coefficient (Wildman–Crippen LogP) is 2.96. The highest BCUT2D eigenvalue weighted by Crippen LogP contribution is 2.15. The highest BCUT2D eigenvalue weighted by atomic mass is 19.1. The molecule has 0 aliphatic rings. The molecule has 1 heterocycles. The van der Waals surface area contributed by atoms with Crippen LogP contribution in [0.1, 0.15) is 23.6 Å². The van der Waals surface area contributed by atoms with Gasteiger partial charge in [-0.05, 0) is 42.9 Å². The first-order chi connectivity index (χ1) is 10.2. The number of halogens is 1. The average Bonchev–Trinajstić information content (AvgIpc) is 2.51. The number of pyridine rings is 1. The fourth-order valence-electron chi connectivity index (χ4n) is 2.33. The van der Waals surface area contributed by atoms with E-state index in [1.165, 1.54) is 5.56 Å². The third-order valence-electron chi connectivity index (χ3n) is 3.49. The highest BCUT2D eigenvalue weighted by molar-refractivity contribution is 5.25. The molecular weight excluding hydrogens is 265 g/mol. The van der Waals surface area contributed by atoms with Crippen molar-refractivity contribution in [2.75, 3.05) is 13.6 Å². The molecule has 21 heavy (non-hydrogen) atoms. The predicted molar refractivity (Wildman–Crippen MR) is 83.2 cm³/mol. The summed E-state index contributed by atoms with van der Waals surface area (Å²) in [6.07, 6.45) is 3.58. The minimum Gasteiger partial charge on any atom is -0.316 e. The lowest BCUT2D eigenvalue weighted by atomic mass is 10.1. The van der Waals surface area contributed by atoms with Crippen LogP contribution in [0.5, 0.6) is 0 Å². The highest BCUT2D eigenvalue weighted by Gasteiger charge is 2.09. The lowest BCUT2D eigenvalue weighted by Gasteiger charge is -2.21. The van der Waals surface area contributed by atoms with E-state index in [1.807, 2.05) is 31.3 Å². The van der Waals surface area contributed by atoms with Crippen LogP contribution >= 0.6 is 0 Å². The third kappa shape index (κ3) is 4.62. The van der Waals surface area contributed by atoms with Gasteiger partial charge in [-0.25, -0.2) is 4.39 Å². The van der Waals surface area contributed by atoms with Crippen molar-refractivity contribution in [3.05, 3.63) is 65.2 Å². The van der Waals surface area contributed by atoms with E-state index in [4.69, 9.17) is 0 Å². The SMILES string of the molecule is CCN(Cc1ccncc1)Cc1cc(CNC)ccc1F. The van der Waals surface area contributed by atoms with Crippen LogP contribution in [0, 0.1) is 5.82 Å². The molecule has 112 valence electrons. The molecule has 2 rings (SSSR count). The normalized spacial score (nSPS) is 11.0. The van der Waals surface area contributed by atoms with Crippen molar-refractivity contribution in [2.24, 2.45) is 0 Å². The van der Waals surface area contributed by atoms with E-state index in [0.29, 0.717) is 6.54 Å². The number of benzene rings is 1. The molecule has 0 atom stereocenters. The largest absolute Gasteiger partial charge is 0.316 e. The molecule has 0 saturated carbocycles. The monoisotopic (exact) mass is 287 g/mol. The fraction of sp³-hybridized carbons (Fsp3) is 0.353. The summed E-state index contributed by atoms with van der Waals surface area (Å²) < 4.78 is 14.0. The second kappa shape index (κ2) is 7.86. The molecule has 0 bridgehead atoms. The van der Waals surface area contributed by atoms with E-state index in [1.54, 1.807) is 18.5 Å². The van der Waals surface area contributed by atoms with Crippen molar-refractivity contribution in [1.82, 2.24) is 15.2 Å². The average molecular weight is 287 g/mol. The molecule has 0 fully saturated rings. The first-order valence-electron chi connectivity index (χ1n) is 7.26. The Balaban J connectivity index is 2.09. The Morgan fingerprint density at radius 2 is 1.86 bits per heavy atom. The first kappa shape index (κ1) is 15.6. The molecule has 0 spiro atoms. The Bertz CT molecular complexity index is 557. The first-order valence-corrected chi connectivity index (χ1v) is 7.26. The minimum atomic E-state index is -0.136. The van der Waals surface area contributed by atoms with Gasteiger partial charge in [0, 0.05) is 37.6 Å². The van der Waals surface area contributed by atoms with Gasteiger partial charge in [-0.3, -0.25) is 9.88 Å². The number of nitrogens with one attached hydrogen (secondary N) is 1. The number of nitrogens with zero attached hydrogens (tertiary/aromatic N) is 2. The zero-order valence-corrected chi connectivity index (χ0v) is 12.6. The van der Waals surface area contributed by atoms with Crippen LogP contribution in [0.3, 0.4) is 0 Å². The summed E-state index contributed by atoms with van der Waals surface area (Å²) in [5.74, 6) is -0.136. The van der Waals surface area contributed by atoms with E-state index in [0.717, 1.165) is 30.8 Å². The lowest BCUT2D eigenvalue weighted by Crippen LogP contribution is -2.23. The van der Waals surface area contributed by atoms with Crippen molar-refractivity contribution < 1.29 is 4.39 Å². The van der Waals surface area contributed by atoms with Gasteiger partial charge in [0.05, 0.1) is 0 Å². The Morgan fingerprint density at radius 3 is 2.52 bits per heavy atom. The van der Waals surface area contributed by atoms with Gasteiger partial charge in [-0.2, -0.15) is 0 Å². The Kier molecular flexibility index (Phi) is 5.84. The quantitative estimate of drug-likeness (QED) is 0.848. The summed E-state index contributed by atoms with van der Waals surface area (Å²) in [5, 5.41) is 3.09. The molecule has 0 amide bonds. The number of rotatable bonds is 7. The molecule has 0 saturated heterocycles. The zero-order chi connectivity index (χ0) is 15.1.